The van der Waals surface area contributed by atoms with Crippen molar-refractivity contribution >= 4 is 39.5 Å². The molecule has 0 saturated carbocycles. The van der Waals surface area contributed by atoms with Gasteiger partial charge in [0.25, 0.3) is 0 Å². The molecule has 0 unspecified atom stereocenters. The van der Waals surface area contributed by atoms with Crippen LogP contribution in [-0.2, 0) is 21.9 Å². The quantitative estimate of drug-likeness (QED) is 0.506. The highest BCUT2D eigenvalue weighted by Gasteiger charge is 2.28. The van der Waals surface area contributed by atoms with E-state index in [4.69, 9.17) is 0 Å². The highest BCUT2D eigenvalue weighted by Crippen LogP contribution is 2.19. The highest BCUT2D eigenvalue weighted by atomic mass is 79.9. The lowest BCUT2D eigenvalue weighted by Gasteiger charge is -2.31. The first-order valence-corrected chi connectivity index (χ1v) is 12.4. The van der Waals surface area contributed by atoms with Crippen molar-refractivity contribution in [2.75, 3.05) is 5.75 Å². The van der Waals surface area contributed by atoms with Crippen LogP contribution >= 0.6 is 27.7 Å². The van der Waals surface area contributed by atoms with E-state index in [1.165, 1.54) is 16.7 Å². The fraction of sp³-hybridized carbons (Fsp3) is 0.440. The van der Waals surface area contributed by atoms with Gasteiger partial charge in [-0.1, -0.05) is 57.4 Å². The Morgan fingerprint density at radius 2 is 1.61 bits per heavy atom. The summed E-state index contributed by atoms with van der Waals surface area (Å²) in [6.45, 7) is 12.2. The molecule has 0 bridgehead atoms. The topological polar surface area (TPSA) is 49.4 Å². The summed E-state index contributed by atoms with van der Waals surface area (Å²) < 4.78 is 0.983. The van der Waals surface area contributed by atoms with Gasteiger partial charge in [0.15, 0.2) is 0 Å². The van der Waals surface area contributed by atoms with Gasteiger partial charge >= 0.3 is 0 Å². The number of hydrogen-bond donors (Lipinski definition) is 1. The summed E-state index contributed by atoms with van der Waals surface area (Å²) in [5, 5.41) is 3.00. The molecule has 0 aliphatic rings. The zero-order chi connectivity index (χ0) is 23.2. The summed E-state index contributed by atoms with van der Waals surface area (Å²) in [5.74, 6) is 0.922. The smallest absolute Gasteiger partial charge is 0.242 e. The Morgan fingerprint density at radius 1 is 1.03 bits per heavy atom. The van der Waals surface area contributed by atoms with Gasteiger partial charge < -0.3 is 10.2 Å². The summed E-state index contributed by atoms with van der Waals surface area (Å²) in [6.07, 6.45) is 0. The van der Waals surface area contributed by atoms with E-state index >= 15 is 0 Å². The number of nitrogens with one attached hydrogen (secondary N) is 1. The molecule has 0 saturated heterocycles. The van der Waals surface area contributed by atoms with Crippen molar-refractivity contribution in [2.45, 2.75) is 65.4 Å². The first kappa shape index (κ1) is 25.5. The molecule has 168 valence electrons. The number of hydrogen-bond acceptors (Lipinski definition) is 3. The summed E-state index contributed by atoms with van der Waals surface area (Å²) in [7, 11) is 0. The molecule has 0 spiro atoms. The van der Waals surface area contributed by atoms with Gasteiger partial charge in [-0.25, -0.2) is 0 Å². The Kier molecular flexibility index (Phi) is 9.19. The molecule has 0 radical (unpaired) electrons. The van der Waals surface area contributed by atoms with Gasteiger partial charge in [0, 0.05) is 22.3 Å². The first-order valence-electron chi connectivity index (χ1n) is 10.5. The maximum atomic E-state index is 13.2. The van der Waals surface area contributed by atoms with Gasteiger partial charge in [-0.3, -0.25) is 9.59 Å². The average Bonchev–Trinajstić information content (AvgIpc) is 2.64. The predicted molar refractivity (Wildman–Crippen MR) is 134 cm³/mol. The second kappa shape index (κ2) is 11.2. The lowest BCUT2D eigenvalue weighted by atomic mass is 10.1. The van der Waals surface area contributed by atoms with Crippen molar-refractivity contribution in [3.63, 3.8) is 0 Å². The number of halogens is 1. The number of carbonyl (C=O) groups is 2. The molecule has 1 N–H and O–H groups in total. The van der Waals surface area contributed by atoms with Gasteiger partial charge in [-0.05, 0) is 64.8 Å². The number of amides is 2. The van der Waals surface area contributed by atoms with Gasteiger partial charge in [0.05, 0.1) is 5.75 Å². The Morgan fingerprint density at radius 3 is 2.16 bits per heavy atom. The van der Waals surface area contributed by atoms with E-state index < -0.39 is 6.04 Å². The van der Waals surface area contributed by atoms with Crippen molar-refractivity contribution < 1.29 is 9.59 Å². The molecular formula is C25H33BrN2O2S. The second-order valence-electron chi connectivity index (χ2n) is 9.05. The van der Waals surface area contributed by atoms with Crippen LogP contribution in [0.2, 0.25) is 0 Å². The van der Waals surface area contributed by atoms with Crippen molar-refractivity contribution in [3.8, 4) is 0 Å². The molecule has 0 fully saturated rings. The van der Waals surface area contributed by atoms with Crippen LogP contribution in [0.4, 0.5) is 0 Å². The van der Waals surface area contributed by atoms with Gasteiger partial charge in [-0.15, -0.1) is 11.8 Å². The molecule has 0 aliphatic carbocycles. The molecule has 0 heterocycles. The van der Waals surface area contributed by atoms with Crippen molar-refractivity contribution in [1.82, 2.24) is 10.2 Å². The number of nitrogens with zero attached hydrogens (tertiary/aromatic N) is 1. The number of aryl methyl sites for hydroxylation is 2. The maximum Gasteiger partial charge on any atom is 0.242 e. The number of benzene rings is 2. The van der Waals surface area contributed by atoms with Gasteiger partial charge in [0.1, 0.15) is 6.04 Å². The van der Waals surface area contributed by atoms with E-state index in [-0.39, 0.29) is 17.4 Å². The number of rotatable bonds is 8. The van der Waals surface area contributed by atoms with Crippen LogP contribution in [-0.4, -0.2) is 34.0 Å². The van der Waals surface area contributed by atoms with Crippen LogP contribution in [0, 0.1) is 13.8 Å². The molecule has 2 rings (SSSR count). The zero-order valence-electron chi connectivity index (χ0n) is 19.3. The van der Waals surface area contributed by atoms with Crippen molar-refractivity contribution in [2.24, 2.45) is 0 Å². The zero-order valence-corrected chi connectivity index (χ0v) is 21.7. The van der Waals surface area contributed by atoms with Crippen LogP contribution in [0.5, 0.6) is 0 Å². The minimum Gasteiger partial charge on any atom is -0.350 e. The largest absolute Gasteiger partial charge is 0.350 e. The minimum absolute atomic E-state index is 0.0335. The third kappa shape index (κ3) is 8.69. The fourth-order valence-corrected chi connectivity index (χ4v) is 4.44. The van der Waals surface area contributed by atoms with E-state index in [0.717, 1.165) is 15.8 Å². The molecule has 2 amide bonds. The van der Waals surface area contributed by atoms with Crippen LogP contribution < -0.4 is 5.32 Å². The molecule has 6 heteroatoms. The minimum atomic E-state index is -0.558. The molecule has 2 aromatic rings. The van der Waals surface area contributed by atoms with Crippen LogP contribution in [0.15, 0.2) is 46.9 Å². The monoisotopic (exact) mass is 504 g/mol. The van der Waals surface area contributed by atoms with E-state index in [9.17, 15) is 9.59 Å². The summed E-state index contributed by atoms with van der Waals surface area (Å²) >= 11 is 5.03. The summed E-state index contributed by atoms with van der Waals surface area (Å²) in [6, 6.07) is 13.8. The third-order valence-corrected chi connectivity index (χ3v) is 6.22. The Bertz CT molecular complexity index is 886. The number of carbonyl (C=O) groups excluding carboxylic acids is 2. The first-order chi connectivity index (χ1) is 14.4. The molecule has 0 aliphatic heterocycles. The maximum absolute atomic E-state index is 13.2. The molecule has 4 nitrogen and oxygen atoms in total. The van der Waals surface area contributed by atoms with Crippen LogP contribution in [0.3, 0.4) is 0 Å². The van der Waals surface area contributed by atoms with Gasteiger partial charge in [0.2, 0.25) is 11.8 Å². The van der Waals surface area contributed by atoms with E-state index in [0.29, 0.717) is 12.3 Å². The molecule has 1 atom stereocenters. The van der Waals surface area contributed by atoms with Crippen LogP contribution in [0.25, 0.3) is 0 Å². The van der Waals surface area contributed by atoms with Crippen molar-refractivity contribution in [1.29, 1.82) is 0 Å². The summed E-state index contributed by atoms with van der Waals surface area (Å²) in [5.41, 5.74) is 4.31. The molecule has 2 aromatic carbocycles. The SMILES string of the molecule is Cc1cc(C)cc(CSCC(=O)N(Cc2ccc(Br)cc2)[C@@H](C)C(=O)NC(C)(C)C)c1. The average molecular weight is 506 g/mol. The molecule has 0 aromatic heterocycles. The third-order valence-electron chi connectivity index (χ3n) is 4.71. The van der Waals surface area contributed by atoms with E-state index in [1.807, 2.05) is 45.0 Å². The Labute approximate surface area is 199 Å². The van der Waals surface area contributed by atoms with Crippen molar-refractivity contribution in [3.05, 3.63) is 69.2 Å². The highest BCUT2D eigenvalue weighted by molar-refractivity contribution is 9.10. The van der Waals surface area contributed by atoms with Gasteiger partial charge in [-0.2, -0.15) is 0 Å². The molecule has 31 heavy (non-hydrogen) atoms. The fourth-order valence-electron chi connectivity index (χ4n) is 3.33. The summed E-state index contributed by atoms with van der Waals surface area (Å²) in [4.78, 5) is 27.6. The standard InChI is InChI=1S/C25H33BrN2O2S/c1-17-11-18(2)13-21(12-17)15-31-16-23(29)28(14-20-7-9-22(26)10-8-20)19(3)24(30)27-25(4,5)6/h7-13,19H,14-16H2,1-6H3,(H,27,30)/t19-/m0/s1. The normalized spacial score (nSPS) is 12.4. The predicted octanol–water partition coefficient (Wildman–Crippen LogP) is 5.63. The lowest BCUT2D eigenvalue weighted by Crippen LogP contribution is -2.52. The van der Waals surface area contributed by atoms with E-state index in [2.05, 4.69) is 53.3 Å². The number of thioether (sulfide) groups is 1. The second-order valence-corrected chi connectivity index (χ2v) is 11.0. The molecular weight excluding hydrogens is 472 g/mol. The van der Waals surface area contributed by atoms with E-state index in [1.54, 1.807) is 23.6 Å². The van der Waals surface area contributed by atoms with Crippen LogP contribution in [0.1, 0.15) is 49.9 Å². The lowest BCUT2D eigenvalue weighted by molar-refractivity contribution is -0.139. The Hall–Kier alpha value is -1.79. The Balaban J connectivity index is 2.10.